The summed E-state index contributed by atoms with van der Waals surface area (Å²) in [4.78, 5) is 23.9. The number of nitrogens with zero attached hydrogens (tertiary/aromatic N) is 4. The number of amides is 1. The quantitative estimate of drug-likeness (QED) is 0.150. The second kappa shape index (κ2) is 13.7. The molecular weight excluding hydrogens is 464 g/mol. The molecule has 0 unspecified atom stereocenters. The predicted molar refractivity (Wildman–Crippen MR) is 135 cm³/mol. The molecule has 2 aromatic rings. The molecule has 1 amide bonds. The summed E-state index contributed by atoms with van der Waals surface area (Å²) in [7, 11) is 4.07. The van der Waals surface area contributed by atoms with Crippen LogP contribution < -0.4 is 27.3 Å². The number of aromatic nitrogens is 2. The van der Waals surface area contributed by atoms with Gasteiger partial charge >= 0.3 is 0 Å². The summed E-state index contributed by atoms with van der Waals surface area (Å²) in [5.41, 5.74) is 18.0. The lowest BCUT2D eigenvalue weighted by molar-refractivity contribution is 0.0972. The molecule has 33 heavy (non-hydrogen) atoms. The van der Waals surface area contributed by atoms with E-state index in [2.05, 4.69) is 36.7 Å². The SMILES string of the molecule is CN(C)SCCCOc1ccc(CCCCN=C(N)NC(=O)c2nc(Cl)c(N)nc2N)cc1. The van der Waals surface area contributed by atoms with Gasteiger partial charge in [0.25, 0.3) is 5.91 Å². The molecule has 0 atom stereocenters. The monoisotopic (exact) mass is 494 g/mol. The minimum atomic E-state index is -0.651. The molecule has 1 heterocycles. The number of unbranched alkanes of at least 4 members (excludes halogenated alkanes) is 1. The molecule has 10 nitrogen and oxygen atoms in total. The number of benzene rings is 1. The Morgan fingerprint density at radius 2 is 1.88 bits per heavy atom. The molecule has 0 aliphatic rings. The Morgan fingerprint density at radius 3 is 2.58 bits per heavy atom. The van der Waals surface area contributed by atoms with E-state index in [9.17, 15) is 4.79 Å². The number of ether oxygens (including phenoxy) is 1. The van der Waals surface area contributed by atoms with Crippen LogP contribution in [0.2, 0.25) is 5.15 Å². The van der Waals surface area contributed by atoms with Crippen molar-refractivity contribution in [3.63, 3.8) is 0 Å². The lowest BCUT2D eigenvalue weighted by Gasteiger charge is -2.09. The van der Waals surface area contributed by atoms with E-state index >= 15 is 0 Å². The minimum absolute atomic E-state index is 0.0281. The summed E-state index contributed by atoms with van der Waals surface area (Å²) in [6.07, 6.45) is 3.66. The highest BCUT2D eigenvalue weighted by atomic mass is 35.5. The third kappa shape index (κ3) is 9.72. The molecule has 1 aromatic carbocycles. The van der Waals surface area contributed by atoms with Crippen molar-refractivity contribution in [2.75, 3.05) is 44.5 Å². The van der Waals surface area contributed by atoms with Gasteiger partial charge in [-0.1, -0.05) is 35.7 Å². The fourth-order valence-electron chi connectivity index (χ4n) is 2.71. The number of guanidine groups is 1. The molecule has 0 spiro atoms. The predicted octanol–water partition coefficient (Wildman–Crippen LogP) is 2.34. The van der Waals surface area contributed by atoms with E-state index in [4.69, 9.17) is 33.5 Å². The van der Waals surface area contributed by atoms with Gasteiger partial charge in [-0.25, -0.2) is 9.97 Å². The highest BCUT2D eigenvalue weighted by molar-refractivity contribution is 7.96. The molecule has 0 radical (unpaired) electrons. The first-order valence-electron chi connectivity index (χ1n) is 10.5. The number of nitrogens with two attached hydrogens (primary N) is 3. The van der Waals surface area contributed by atoms with Crippen LogP contribution in [0.1, 0.15) is 35.3 Å². The number of nitrogen functional groups attached to an aromatic ring is 2. The second-order valence-corrected chi connectivity index (χ2v) is 9.06. The van der Waals surface area contributed by atoms with Crippen molar-refractivity contribution in [2.24, 2.45) is 10.7 Å². The Hall–Kier alpha value is -2.76. The van der Waals surface area contributed by atoms with Crippen molar-refractivity contribution in [3.8, 4) is 5.75 Å². The Labute approximate surface area is 203 Å². The Balaban J connectivity index is 1.67. The first-order valence-corrected chi connectivity index (χ1v) is 11.8. The molecule has 1 aromatic heterocycles. The van der Waals surface area contributed by atoms with E-state index in [0.717, 1.165) is 37.2 Å². The molecule has 0 saturated carbocycles. The van der Waals surface area contributed by atoms with Gasteiger partial charge in [0.2, 0.25) is 0 Å². The van der Waals surface area contributed by atoms with E-state index in [-0.39, 0.29) is 28.4 Å². The van der Waals surface area contributed by atoms with Crippen LogP contribution in [0.5, 0.6) is 5.75 Å². The number of aryl methyl sites for hydroxylation is 1. The van der Waals surface area contributed by atoms with E-state index < -0.39 is 5.91 Å². The molecule has 0 fully saturated rings. The van der Waals surface area contributed by atoms with Crippen molar-refractivity contribution < 1.29 is 9.53 Å². The highest BCUT2D eigenvalue weighted by Gasteiger charge is 2.16. The molecule has 7 N–H and O–H groups in total. The fraction of sp³-hybridized carbons (Fsp3) is 0.429. The van der Waals surface area contributed by atoms with Crippen molar-refractivity contribution >= 4 is 47.1 Å². The molecule has 2 rings (SSSR count). The number of hydrogen-bond acceptors (Lipinski definition) is 9. The summed E-state index contributed by atoms with van der Waals surface area (Å²) < 4.78 is 7.86. The van der Waals surface area contributed by atoms with Crippen LogP contribution in [0.15, 0.2) is 29.3 Å². The molecule has 0 saturated heterocycles. The number of halogens is 1. The Bertz CT molecular complexity index is 941. The Morgan fingerprint density at radius 1 is 1.15 bits per heavy atom. The van der Waals surface area contributed by atoms with Crippen LogP contribution in [0.3, 0.4) is 0 Å². The first kappa shape index (κ1) is 26.5. The number of anilines is 2. The minimum Gasteiger partial charge on any atom is -0.494 e. The van der Waals surface area contributed by atoms with Gasteiger partial charge in [0, 0.05) is 12.3 Å². The normalized spacial score (nSPS) is 11.6. The van der Waals surface area contributed by atoms with Crippen LogP contribution in [0.4, 0.5) is 11.6 Å². The second-order valence-electron chi connectivity index (χ2n) is 7.30. The fourth-order valence-corrected chi connectivity index (χ4v) is 3.45. The zero-order valence-electron chi connectivity index (χ0n) is 18.9. The van der Waals surface area contributed by atoms with Crippen molar-refractivity contribution in [3.05, 3.63) is 40.7 Å². The van der Waals surface area contributed by atoms with Crippen LogP contribution in [-0.2, 0) is 6.42 Å². The van der Waals surface area contributed by atoms with Crippen LogP contribution >= 0.6 is 23.5 Å². The lowest BCUT2D eigenvalue weighted by Crippen LogP contribution is -2.38. The van der Waals surface area contributed by atoms with E-state index in [1.54, 1.807) is 11.9 Å². The van der Waals surface area contributed by atoms with Crippen LogP contribution in [-0.4, -0.2) is 59.1 Å². The van der Waals surface area contributed by atoms with Gasteiger partial charge in [-0.15, -0.1) is 0 Å². The molecule has 180 valence electrons. The van der Waals surface area contributed by atoms with Crippen molar-refractivity contribution in [2.45, 2.75) is 25.7 Å². The number of nitrogens with one attached hydrogen (secondary N) is 1. The van der Waals surface area contributed by atoms with Gasteiger partial charge in [0.05, 0.1) is 6.61 Å². The number of carbonyl (C=O) groups is 1. The van der Waals surface area contributed by atoms with Crippen molar-refractivity contribution in [1.29, 1.82) is 0 Å². The van der Waals surface area contributed by atoms with Gasteiger partial charge in [-0.3, -0.25) is 19.4 Å². The maximum absolute atomic E-state index is 12.2. The van der Waals surface area contributed by atoms with Crippen LogP contribution in [0.25, 0.3) is 0 Å². The van der Waals surface area contributed by atoms with Gasteiger partial charge in [-0.2, -0.15) is 0 Å². The van der Waals surface area contributed by atoms with E-state index in [1.807, 2.05) is 26.2 Å². The number of rotatable bonds is 12. The third-order valence-electron chi connectivity index (χ3n) is 4.35. The molecule has 0 aliphatic heterocycles. The summed E-state index contributed by atoms with van der Waals surface area (Å²) in [5, 5.41) is 2.31. The van der Waals surface area contributed by atoms with E-state index in [1.165, 1.54) is 5.56 Å². The van der Waals surface area contributed by atoms with Crippen molar-refractivity contribution in [1.82, 2.24) is 19.6 Å². The van der Waals surface area contributed by atoms with Gasteiger partial charge in [0.15, 0.2) is 28.4 Å². The summed E-state index contributed by atoms with van der Waals surface area (Å²) in [5.74, 6) is 1.06. The topological polar surface area (TPSA) is 158 Å². The number of carbonyl (C=O) groups excluding carboxylic acids is 1. The van der Waals surface area contributed by atoms with Crippen LogP contribution in [0, 0.1) is 0 Å². The average molecular weight is 495 g/mol. The van der Waals surface area contributed by atoms with Gasteiger partial charge in [0.1, 0.15) is 5.75 Å². The standard InChI is InChI=1S/C21H31ClN8O2S/c1-30(2)33-13-5-12-32-15-9-7-14(8-10-15)6-3-4-11-26-21(25)29-20(31)16-18(23)28-19(24)17(22)27-16/h7-10H,3-6,11-13H2,1-2H3,(H4,23,24,28)(H3,25,26,29,31). The summed E-state index contributed by atoms with van der Waals surface area (Å²) >= 11 is 7.57. The maximum Gasteiger partial charge on any atom is 0.280 e. The van der Waals surface area contributed by atoms with Gasteiger partial charge in [-0.05, 0) is 57.5 Å². The Kier molecular flexibility index (Phi) is 11.0. The maximum atomic E-state index is 12.2. The zero-order chi connectivity index (χ0) is 24.2. The third-order valence-corrected chi connectivity index (χ3v) is 5.61. The number of aliphatic imine (C=N–C) groups is 1. The van der Waals surface area contributed by atoms with Gasteiger partial charge < -0.3 is 21.9 Å². The molecule has 12 heteroatoms. The first-order chi connectivity index (χ1) is 15.8. The molecule has 0 aliphatic carbocycles. The molecule has 0 bridgehead atoms. The lowest BCUT2D eigenvalue weighted by atomic mass is 10.1. The largest absolute Gasteiger partial charge is 0.494 e. The smallest absolute Gasteiger partial charge is 0.280 e. The average Bonchev–Trinajstić information content (AvgIpc) is 2.76. The molecular formula is C21H31ClN8O2S. The highest BCUT2D eigenvalue weighted by Crippen LogP contribution is 2.17. The summed E-state index contributed by atoms with van der Waals surface area (Å²) in [6.45, 7) is 1.18. The summed E-state index contributed by atoms with van der Waals surface area (Å²) in [6, 6.07) is 8.15. The zero-order valence-corrected chi connectivity index (χ0v) is 20.5. The van der Waals surface area contributed by atoms with E-state index in [0.29, 0.717) is 13.2 Å². The number of hydrogen-bond donors (Lipinski definition) is 4.